The Morgan fingerprint density at radius 2 is 2.06 bits per heavy atom. The number of hydrogen-bond acceptors (Lipinski definition) is 3. The van der Waals surface area contributed by atoms with Crippen LogP contribution in [-0.4, -0.2) is 28.3 Å². The van der Waals surface area contributed by atoms with Gasteiger partial charge in [-0.2, -0.15) is 0 Å². The van der Waals surface area contributed by atoms with E-state index in [9.17, 15) is 0 Å². The third-order valence-electron chi connectivity index (χ3n) is 2.52. The van der Waals surface area contributed by atoms with E-state index < -0.39 is 0 Å². The zero-order chi connectivity index (χ0) is 12.3. The zero-order valence-corrected chi connectivity index (χ0v) is 10.3. The van der Waals surface area contributed by atoms with Gasteiger partial charge < -0.3 is 15.0 Å². The van der Waals surface area contributed by atoms with E-state index in [1.807, 2.05) is 34.9 Å². The van der Waals surface area contributed by atoms with Gasteiger partial charge in [0.2, 0.25) is 0 Å². The highest BCUT2D eigenvalue weighted by Gasteiger charge is 2.15. The van der Waals surface area contributed by atoms with Gasteiger partial charge in [-0.1, -0.05) is 41.9 Å². The molecule has 0 radical (unpaired) electrons. The summed E-state index contributed by atoms with van der Waals surface area (Å²) in [6.07, 6.45) is 0. The molecule has 4 nitrogen and oxygen atoms in total. The van der Waals surface area contributed by atoms with Crippen molar-refractivity contribution in [1.29, 1.82) is 0 Å². The van der Waals surface area contributed by atoms with E-state index in [1.54, 1.807) is 7.05 Å². The van der Waals surface area contributed by atoms with E-state index in [-0.39, 0.29) is 6.61 Å². The van der Waals surface area contributed by atoms with Crippen LogP contribution in [0.15, 0.2) is 30.3 Å². The first-order valence-corrected chi connectivity index (χ1v) is 5.75. The Labute approximate surface area is 105 Å². The molecule has 0 spiro atoms. The standard InChI is InChI=1S/C12H14ClN3O/c1-14-12-10(13)15-11(16(12)7-8-17)9-5-3-2-4-6-9/h2-6,14,17H,7-8H2,1H3. The summed E-state index contributed by atoms with van der Waals surface area (Å²) in [5.74, 6) is 1.48. The third kappa shape index (κ3) is 2.28. The summed E-state index contributed by atoms with van der Waals surface area (Å²) in [7, 11) is 1.78. The lowest BCUT2D eigenvalue weighted by atomic mass is 10.2. The van der Waals surface area contributed by atoms with Crippen LogP contribution in [0.3, 0.4) is 0 Å². The maximum absolute atomic E-state index is 9.10. The molecule has 0 saturated carbocycles. The number of benzene rings is 1. The van der Waals surface area contributed by atoms with Gasteiger partial charge in [0.1, 0.15) is 11.6 Å². The predicted molar refractivity (Wildman–Crippen MR) is 69.3 cm³/mol. The minimum Gasteiger partial charge on any atom is -0.395 e. The van der Waals surface area contributed by atoms with Gasteiger partial charge in [-0.15, -0.1) is 0 Å². The lowest BCUT2D eigenvalue weighted by molar-refractivity contribution is 0.277. The molecule has 1 heterocycles. The minimum atomic E-state index is 0.0429. The second-order valence-corrected chi connectivity index (χ2v) is 3.92. The fourth-order valence-corrected chi connectivity index (χ4v) is 2.06. The lowest BCUT2D eigenvalue weighted by Crippen LogP contribution is -2.07. The van der Waals surface area contributed by atoms with Crippen LogP contribution < -0.4 is 5.32 Å². The van der Waals surface area contributed by atoms with Crippen LogP contribution in [0.5, 0.6) is 0 Å². The van der Waals surface area contributed by atoms with Gasteiger partial charge in [0.15, 0.2) is 5.15 Å². The van der Waals surface area contributed by atoms with E-state index in [1.165, 1.54) is 0 Å². The van der Waals surface area contributed by atoms with Crippen molar-refractivity contribution in [3.05, 3.63) is 35.5 Å². The highest BCUT2D eigenvalue weighted by atomic mass is 35.5. The number of nitrogens with one attached hydrogen (secondary N) is 1. The highest BCUT2D eigenvalue weighted by Crippen LogP contribution is 2.28. The van der Waals surface area contributed by atoms with Crippen molar-refractivity contribution in [3.8, 4) is 11.4 Å². The fourth-order valence-electron chi connectivity index (χ4n) is 1.79. The SMILES string of the molecule is CNc1c(Cl)nc(-c2ccccc2)n1CCO. The molecule has 2 rings (SSSR count). The van der Waals surface area contributed by atoms with Crippen molar-refractivity contribution in [1.82, 2.24) is 9.55 Å². The van der Waals surface area contributed by atoms with E-state index >= 15 is 0 Å². The number of imidazole rings is 1. The van der Waals surface area contributed by atoms with Crippen LogP contribution in [0.25, 0.3) is 11.4 Å². The molecule has 0 bridgehead atoms. The molecular formula is C12H14ClN3O. The molecule has 0 fully saturated rings. The lowest BCUT2D eigenvalue weighted by Gasteiger charge is -2.09. The van der Waals surface area contributed by atoms with Crippen LogP contribution in [0.1, 0.15) is 0 Å². The third-order valence-corrected chi connectivity index (χ3v) is 2.78. The van der Waals surface area contributed by atoms with Crippen LogP contribution in [0.4, 0.5) is 5.82 Å². The molecule has 0 aliphatic carbocycles. The number of aromatic nitrogens is 2. The number of aliphatic hydroxyl groups is 1. The molecule has 2 aromatic rings. The smallest absolute Gasteiger partial charge is 0.171 e. The summed E-state index contributed by atoms with van der Waals surface area (Å²) < 4.78 is 1.87. The maximum atomic E-state index is 9.10. The minimum absolute atomic E-state index is 0.0429. The summed E-state index contributed by atoms with van der Waals surface area (Å²) in [4.78, 5) is 4.33. The first-order valence-electron chi connectivity index (χ1n) is 5.38. The second-order valence-electron chi connectivity index (χ2n) is 3.57. The predicted octanol–water partition coefficient (Wildman–Crippen LogP) is 2.24. The van der Waals surface area contributed by atoms with Crippen LogP contribution in [0, 0.1) is 0 Å². The molecule has 0 aliphatic heterocycles. The van der Waals surface area contributed by atoms with Gasteiger partial charge in [-0.3, -0.25) is 0 Å². The molecule has 17 heavy (non-hydrogen) atoms. The number of nitrogens with zero attached hydrogens (tertiary/aromatic N) is 2. The first kappa shape index (κ1) is 12.0. The summed E-state index contributed by atoms with van der Waals surface area (Å²) in [6, 6.07) is 9.77. The van der Waals surface area contributed by atoms with Gasteiger partial charge >= 0.3 is 0 Å². The number of rotatable bonds is 4. The van der Waals surface area contributed by atoms with E-state index in [2.05, 4.69) is 10.3 Å². The molecule has 2 N–H and O–H groups in total. The number of halogens is 1. The normalized spacial score (nSPS) is 10.5. The molecule has 0 aliphatic rings. The van der Waals surface area contributed by atoms with E-state index in [4.69, 9.17) is 16.7 Å². The number of hydrogen-bond donors (Lipinski definition) is 2. The van der Waals surface area contributed by atoms with Crippen molar-refractivity contribution >= 4 is 17.4 Å². The average Bonchev–Trinajstić information content (AvgIpc) is 2.67. The van der Waals surface area contributed by atoms with Gasteiger partial charge in [0.25, 0.3) is 0 Å². The maximum Gasteiger partial charge on any atom is 0.171 e. The van der Waals surface area contributed by atoms with Crippen LogP contribution in [-0.2, 0) is 6.54 Å². The summed E-state index contributed by atoms with van der Waals surface area (Å²) in [5.41, 5.74) is 0.976. The molecule has 1 aromatic heterocycles. The van der Waals surface area contributed by atoms with Crippen LogP contribution >= 0.6 is 11.6 Å². The van der Waals surface area contributed by atoms with Crippen molar-refractivity contribution < 1.29 is 5.11 Å². The fraction of sp³-hybridized carbons (Fsp3) is 0.250. The van der Waals surface area contributed by atoms with E-state index in [0.717, 1.165) is 17.2 Å². The quantitative estimate of drug-likeness (QED) is 0.876. The van der Waals surface area contributed by atoms with Crippen molar-refractivity contribution in [2.75, 3.05) is 19.0 Å². The Bertz CT molecular complexity index is 496. The first-order chi connectivity index (χ1) is 8.27. The molecule has 5 heteroatoms. The molecular weight excluding hydrogens is 238 g/mol. The molecule has 0 unspecified atom stereocenters. The number of anilines is 1. The second kappa shape index (κ2) is 5.21. The van der Waals surface area contributed by atoms with E-state index in [0.29, 0.717) is 11.7 Å². The van der Waals surface area contributed by atoms with Gasteiger partial charge in [0.05, 0.1) is 6.61 Å². The Hall–Kier alpha value is -1.52. The number of aliphatic hydroxyl groups excluding tert-OH is 1. The monoisotopic (exact) mass is 251 g/mol. The summed E-state index contributed by atoms with van der Waals surface area (Å²) in [6.45, 7) is 0.501. The average molecular weight is 252 g/mol. The summed E-state index contributed by atoms with van der Waals surface area (Å²) in [5, 5.41) is 12.5. The van der Waals surface area contributed by atoms with Gasteiger partial charge in [-0.25, -0.2) is 4.98 Å². The van der Waals surface area contributed by atoms with Crippen LogP contribution in [0.2, 0.25) is 5.15 Å². The Balaban J connectivity index is 2.54. The molecule has 0 amide bonds. The topological polar surface area (TPSA) is 50.1 Å². The largest absolute Gasteiger partial charge is 0.395 e. The highest BCUT2D eigenvalue weighted by molar-refractivity contribution is 6.32. The Kier molecular flexibility index (Phi) is 3.66. The Morgan fingerprint density at radius 1 is 1.35 bits per heavy atom. The molecule has 0 atom stereocenters. The molecule has 0 saturated heterocycles. The van der Waals surface area contributed by atoms with Gasteiger partial charge in [-0.05, 0) is 0 Å². The molecule has 1 aromatic carbocycles. The van der Waals surface area contributed by atoms with Crippen molar-refractivity contribution in [2.45, 2.75) is 6.54 Å². The van der Waals surface area contributed by atoms with Gasteiger partial charge in [0, 0.05) is 19.2 Å². The zero-order valence-electron chi connectivity index (χ0n) is 9.52. The molecule has 90 valence electrons. The Morgan fingerprint density at radius 3 is 2.65 bits per heavy atom. The van der Waals surface area contributed by atoms with Crippen molar-refractivity contribution in [3.63, 3.8) is 0 Å². The summed E-state index contributed by atoms with van der Waals surface area (Å²) >= 11 is 6.06. The van der Waals surface area contributed by atoms with Crippen molar-refractivity contribution in [2.24, 2.45) is 0 Å².